The molecule has 0 N–H and O–H groups in total. The van der Waals surface area contributed by atoms with Crippen LogP contribution >= 0.6 is 0 Å². The first-order valence-electron chi connectivity index (χ1n) is 6.98. The van der Waals surface area contributed by atoms with Crippen LogP contribution in [0.3, 0.4) is 0 Å². The molecule has 1 heterocycles. The number of rotatable bonds is 3. The van der Waals surface area contributed by atoms with E-state index in [2.05, 4.69) is 49.9 Å². The van der Waals surface area contributed by atoms with Crippen molar-refractivity contribution in [1.82, 2.24) is 4.90 Å². The van der Waals surface area contributed by atoms with Gasteiger partial charge in [0.25, 0.3) is 0 Å². The Morgan fingerprint density at radius 2 is 1.68 bits per heavy atom. The molecule has 1 aromatic rings. The second-order valence-electron chi connectivity index (χ2n) is 6.19. The monoisotopic (exact) mass is 263 g/mol. The Hall–Kier alpha value is -1.06. The van der Waals surface area contributed by atoms with Gasteiger partial charge in [0, 0.05) is 19.1 Å². The number of benzene rings is 1. The Kier molecular flexibility index (Phi) is 4.48. The summed E-state index contributed by atoms with van der Waals surface area (Å²) in [5, 5.41) is 0. The molecular formula is C16H25NO2. The summed E-state index contributed by atoms with van der Waals surface area (Å²) in [5.74, 6) is 0.915. The van der Waals surface area contributed by atoms with E-state index in [-0.39, 0.29) is 5.41 Å². The Bertz CT molecular complexity index is 388. The summed E-state index contributed by atoms with van der Waals surface area (Å²) in [6.07, 6.45) is 0. The van der Waals surface area contributed by atoms with Gasteiger partial charge in [0.15, 0.2) is 0 Å². The maximum atomic E-state index is 5.47. The molecule has 1 saturated heterocycles. The normalized spacial score (nSPS) is 19.2. The Morgan fingerprint density at radius 1 is 1.11 bits per heavy atom. The first-order chi connectivity index (χ1) is 9.02. The summed E-state index contributed by atoms with van der Waals surface area (Å²) in [4.78, 5) is 2.53. The van der Waals surface area contributed by atoms with Crippen LogP contribution in [0.5, 0.6) is 5.75 Å². The van der Waals surface area contributed by atoms with Crippen molar-refractivity contribution >= 4 is 0 Å². The second-order valence-corrected chi connectivity index (χ2v) is 6.19. The fourth-order valence-electron chi connectivity index (χ4n) is 2.88. The van der Waals surface area contributed by atoms with Gasteiger partial charge in [-0.05, 0) is 23.1 Å². The lowest BCUT2D eigenvalue weighted by Crippen LogP contribution is -2.43. The smallest absolute Gasteiger partial charge is 0.118 e. The molecule has 0 saturated carbocycles. The van der Waals surface area contributed by atoms with E-state index in [9.17, 15) is 0 Å². The van der Waals surface area contributed by atoms with Gasteiger partial charge in [-0.3, -0.25) is 4.90 Å². The van der Waals surface area contributed by atoms with Crippen LogP contribution in [0.15, 0.2) is 24.3 Å². The number of methoxy groups -OCH3 is 1. The van der Waals surface area contributed by atoms with Crippen molar-refractivity contribution < 1.29 is 9.47 Å². The second kappa shape index (κ2) is 5.93. The summed E-state index contributed by atoms with van der Waals surface area (Å²) in [5.41, 5.74) is 1.56. The highest BCUT2D eigenvalue weighted by Gasteiger charge is 2.32. The first-order valence-corrected chi connectivity index (χ1v) is 6.98. The zero-order valence-electron chi connectivity index (χ0n) is 12.5. The van der Waals surface area contributed by atoms with E-state index >= 15 is 0 Å². The molecule has 0 amide bonds. The van der Waals surface area contributed by atoms with E-state index in [0.717, 1.165) is 32.1 Å². The zero-order valence-corrected chi connectivity index (χ0v) is 12.5. The van der Waals surface area contributed by atoms with Gasteiger partial charge in [0.1, 0.15) is 5.75 Å². The third kappa shape index (κ3) is 3.48. The van der Waals surface area contributed by atoms with Crippen molar-refractivity contribution in [3.63, 3.8) is 0 Å². The van der Waals surface area contributed by atoms with Gasteiger partial charge in [-0.15, -0.1) is 0 Å². The maximum Gasteiger partial charge on any atom is 0.118 e. The highest BCUT2D eigenvalue weighted by molar-refractivity contribution is 5.30. The minimum atomic E-state index is 0.200. The van der Waals surface area contributed by atoms with Crippen molar-refractivity contribution in [2.45, 2.75) is 26.8 Å². The minimum absolute atomic E-state index is 0.200. The molecule has 3 nitrogen and oxygen atoms in total. The first kappa shape index (κ1) is 14.4. The lowest BCUT2D eigenvalue weighted by atomic mass is 9.81. The van der Waals surface area contributed by atoms with E-state index in [0.29, 0.717) is 6.04 Å². The summed E-state index contributed by atoms with van der Waals surface area (Å²) in [6.45, 7) is 10.6. The molecule has 0 aliphatic carbocycles. The fourth-order valence-corrected chi connectivity index (χ4v) is 2.88. The van der Waals surface area contributed by atoms with E-state index < -0.39 is 0 Å². The van der Waals surface area contributed by atoms with Crippen LogP contribution in [0, 0.1) is 5.41 Å². The molecule has 2 rings (SSSR count). The summed E-state index contributed by atoms with van der Waals surface area (Å²) in [7, 11) is 1.71. The van der Waals surface area contributed by atoms with E-state index in [4.69, 9.17) is 9.47 Å². The molecule has 3 heteroatoms. The molecule has 19 heavy (non-hydrogen) atoms. The van der Waals surface area contributed by atoms with Gasteiger partial charge in [-0.2, -0.15) is 0 Å². The van der Waals surface area contributed by atoms with Crippen molar-refractivity contribution in [2.24, 2.45) is 5.41 Å². The molecule has 106 valence electrons. The van der Waals surface area contributed by atoms with Crippen LogP contribution in [-0.4, -0.2) is 38.3 Å². The quantitative estimate of drug-likeness (QED) is 0.836. The third-order valence-corrected chi connectivity index (χ3v) is 3.66. The Balaban J connectivity index is 2.25. The number of hydrogen-bond acceptors (Lipinski definition) is 3. The van der Waals surface area contributed by atoms with Crippen LogP contribution in [0.25, 0.3) is 0 Å². The molecule has 1 aliphatic rings. The Labute approximate surface area is 116 Å². The lowest BCUT2D eigenvalue weighted by molar-refractivity contribution is -0.0113. The van der Waals surface area contributed by atoms with Crippen molar-refractivity contribution in [1.29, 1.82) is 0 Å². The molecule has 1 atom stereocenters. The summed E-state index contributed by atoms with van der Waals surface area (Å²) in [6, 6.07) is 8.89. The average molecular weight is 263 g/mol. The fraction of sp³-hybridized carbons (Fsp3) is 0.625. The van der Waals surface area contributed by atoms with Crippen molar-refractivity contribution in [3.8, 4) is 5.75 Å². The molecule has 0 radical (unpaired) electrons. The lowest BCUT2D eigenvalue weighted by Gasteiger charge is -2.42. The molecule has 1 fully saturated rings. The number of nitrogens with zero attached hydrogens (tertiary/aromatic N) is 1. The van der Waals surface area contributed by atoms with Crippen molar-refractivity contribution in [2.75, 3.05) is 33.4 Å². The zero-order chi connectivity index (χ0) is 13.9. The molecule has 0 aromatic heterocycles. The molecule has 0 spiro atoms. The number of hydrogen-bond donors (Lipinski definition) is 0. The molecule has 0 bridgehead atoms. The minimum Gasteiger partial charge on any atom is -0.497 e. The molecule has 1 aromatic carbocycles. The number of morpholine rings is 1. The summed E-state index contributed by atoms with van der Waals surface area (Å²) >= 11 is 0. The number of ether oxygens (including phenoxy) is 2. The topological polar surface area (TPSA) is 21.7 Å². The third-order valence-electron chi connectivity index (χ3n) is 3.66. The van der Waals surface area contributed by atoms with Gasteiger partial charge in [0.05, 0.1) is 20.3 Å². The van der Waals surface area contributed by atoms with Gasteiger partial charge < -0.3 is 9.47 Å². The average Bonchev–Trinajstić information content (AvgIpc) is 2.39. The maximum absolute atomic E-state index is 5.47. The molecule has 1 aliphatic heterocycles. The van der Waals surface area contributed by atoms with Crippen LogP contribution in [0.4, 0.5) is 0 Å². The van der Waals surface area contributed by atoms with Crippen LogP contribution < -0.4 is 4.74 Å². The van der Waals surface area contributed by atoms with E-state index in [1.165, 1.54) is 5.56 Å². The highest BCUT2D eigenvalue weighted by Crippen LogP contribution is 2.38. The summed E-state index contributed by atoms with van der Waals surface area (Å²) < 4.78 is 10.7. The molecular weight excluding hydrogens is 238 g/mol. The van der Waals surface area contributed by atoms with Crippen LogP contribution in [0.1, 0.15) is 32.4 Å². The predicted octanol–water partition coefficient (Wildman–Crippen LogP) is 3.11. The molecule has 1 unspecified atom stereocenters. The van der Waals surface area contributed by atoms with E-state index in [1.807, 2.05) is 0 Å². The van der Waals surface area contributed by atoms with Crippen molar-refractivity contribution in [3.05, 3.63) is 29.8 Å². The standard InChI is InChI=1S/C16H25NO2/c1-16(2,3)15(17-9-11-19-12-10-17)13-5-7-14(18-4)8-6-13/h5-8,15H,9-12H2,1-4H3. The van der Waals surface area contributed by atoms with E-state index in [1.54, 1.807) is 7.11 Å². The largest absolute Gasteiger partial charge is 0.497 e. The van der Waals surface area contributed by atoms with Gasteiger partial charge in [-0.1, -0.05) is 32.9 Å². The predicted molar refractivity (Wildman–Crippen MR) is 77.6 cm³/mol. The van der Waals surface area contributed by atoms with Gasteiger partial charge in [-0.25, -0.2) is 0 Å². The van der Waals surface area contributed by atoms with Gasteiger partial charge in [0.2, 0.25) is 0 Å². The Morgan fingerprint density at radius 3 is 2.16 bits per heavy atom. The van der Waals surface area contributed by atoms with Gasteiger partial charge >= 0.3 is 0 Å². The van der Waals surface area contributed by atoms with Crippen LogP contribution in [-0.2, 0) is 4.74 Å². The van der Waals surface area contributed by atoms with Crippen LogP contribution in [0.2, 0.25) is 0 Å². The highest BCUT2D eigenvalue weighted by atomic mass is 16.5. The SMILES string of the molecule is COc1ccc(C(N2CCOCC2)C(C)(C)C)cc1.